The summed E-state index contributed by atoms with van der Waals surface area (Å²) in [6, 6.07) is 61.2. The van der Waals surface area contributed by atoms with Crippen molar-refractivity contribution in [1.29, 1.82) is 0 Å². The van der Waals surface area contributed by atoms with Crippen molar-refractivity contribution in [2.45, 2.75) is 65.2 Å². The molecule has 6 aromatic carbocycles. The molecule has 0 radical (unpaired) electrons. The Labute approximate surface area is 370 Å². The second-order valence-corrected chi connectivity index (χ2v) is 17.7. The van der Waals surface area contributed by atoms with Crippen molar-refractivity contribution in [3.63, 3.8) is 0 Å². The number of phenols is 1. The largest absolute Gasteiger partial charge is 0.507 e. The summed E-state index contributed by atoms with van der Waals surface area (Å²) in [7, 11) is 0. The van der Waals surface area contributed by atoms with Crippen LogP contribution in [0.2, 0.25) is 0 Å². The van der Waals surface area contributed by atoms with Gasteiger partial charge in [0.25, 0.3) is 0 Å². The van der Waals surface area contributed by atoms with E-state index in [0.29, 0.717) is 5.69 Å². The molecule has 2 heterocycles. The molecule has 0 saturated carbocycles. The minimum absolute atomic E-state index is 0. The third-order valence-corrected chi connectivity index (χ3v) is 11.3. The molecule has 8 aromatic rings. The van der Waals surface area contributed by atoms with Gasteiger partial charge < -0.3 is 5.11 Å². The van der Waals surface area contributed by atoms with E-state index >= 15 is 0 Å². The molecule has 1 unspecified atom stereocenters. The summed E-state index contributed by atoms with van der Waals surface area (Å²) in [5.41, 5.74) is 15.3. The summed E-state index contributed by atoms with van der Waals surface area (Å²) in [5, 5.41) is 12.1. The zero-order valence-electron chi connectivity index (χ0n) is 35.4. The van der Waals surface area contributed by atoms with Crippen LogP contribution in [0.25, 0.3) is 67.2 Å². The number of aromatic hydroxyl groups is 1. The van der Waals surface area contributed by atoms with Crippen LogP contribution in [0.1, 0.15) is 76.6 Å². The summed E-state index contributed by atoms with van der Waals surface area (Å²) >= 11 is 0. The fraction of sp³-hybridized carbons (Fsp3) is 0.179. The predicted molar refractivity (Wildman–Crippen MR) is 247 cm³/mol. The molecule has 0 aliphatic heterocycles. The Hall–Kier alpha value is -5.89. The van der Waals surface area contributed by atoms with Crippen molar-refractivity contribution in [1.82, 2.24) is 9.97 Å². The zero-order chi connectivity index (χ0) is 41.3. The quantitative estimate of drug-likeness (QED) is 0.154. The molecule has 0 aliphatic rings. The number of pyridine rings is 2. The van der Waals surface area contributed by atoms with Gasteiger partial charge in [-0.3, -0.25) is 9.97 Å². The van der Waals surface area contributed by atoms with E-state index in [1.807, 2.05) is 18.3 Å². The van der Waals surface area contributed by atoms with E-state index in [1.165, 1.54) is 11.1 Å². The van der Waals surface area contributed by atoms with Crippen molar-refractivity contribution in [3.05, 3.63) is 198 Å². The average molecular weight is 963 g/mol. The normalized spacial score (nSPS) is 12.1. The molecule has 1 N–H and O–H groups in total. The molecule has 302 valence electrons. The minimum Gasteiger partial charge on any atom is -0.507 e. The Morgan fingerprint density at radius 3 is 1.58 bits per heavy atom. The molecule has 0 fully saturated rings. The molecule has 0 saturated heterocycles. The molecular weight excluding hydrogens is 912 g/mol. The van der Waals surface area contributed by atoms with Gasteiger partial charge in [-0.2, -0.15) is 0 Å². The van der Waals surface area contributed by atoms with Crippen LogP contribution in [-0.2, 0) is 31.9 Å². The number of aromatic nitrogens is 2. The fourth-order valence-corrected chi connectivity index (χ4v) is 7.74. The molecule has 2 aromatic heterocycles. The van der Waals surface area contributed by atoms with Gasteiger partial charge in [0, 0.05) is 55.7 Å². The van der Waals surface area contributed by atoms with Gasteiger partial charge >= 0.3 is 0 Å². The third-order valence-electron chi connectivity index (χ3n) is 11.3. The standard InChI is InChI=1S/C56H51N2O.Pt/c1-37(38-17-11-8-12-18-38)39-23-25-42(26-24-39)44-29-46(51-32-43(27-28-57-51)40-19-13-9-14-20-40)31-47(30-44)52-33-45(41-21-15-10-16-22-41)34-53(58-52)49-35-48(55(2,3)4)36-50(54(49)59)56(5,6)7;/h8-30,32-37,59H,1-7H3;/q-1;. The molecule has 0 aliphatic carbocycles. The van der Waals surface area contributed by atoms with E-state index in [0.717, 1.165) is 72.6 Å². The summed E-state index contributed by atoms with van der Waals surface area (Å²) in [6.45, 7) is 15.3. The molecule has 0 amide bonds. The first-order chi connectivity index (χ1) is 28.3. The van der Waals surface area contributed by atoms with E-state index in [-0.39, 0.29) is 43.6 Å². The van der Waals surface area contributed by atoms with E-state index in [1.54, 1.807) is 0 Å². The van der Waals surface area contributed by atoms with Crippen LogP contribution in [-0.4, -0.2) is 15.1 Å². The van der Waals surface area contributed by atoms with Gasteiger partial charge in [0.15, 0.2) is 0 Å². The maximum absolute atomic E-state index is 12.1. The van der Waals surface area contributed by atoms with Gasteiger partial charge in [-0.05, 0) is 73.5 Å². The minimum atomic E-state index is -0.285. The number of hydrogen-bond acceptors (Lipinski definition) is 3. The zero-order valence-corrected chi connectivity index (χ0v) is 37.7. The number of benzene rings is 6. The number of rotatable bonds is 8. The molecule has 0 bridgehead atoms. The van der Waals surface area contributed by atoms with E-state index in [4.69, 9.17) is 9.97 Å². The number of phenolic OH excluding ortho intramolecular Hbond substituents is 1. The Balaban J connectivity index is 0.00000544. The summed E-state index contributed by atoms with van der Waals surface area (Å²) in [6.07, 6.45) is 1.88. The smallest absolute Gasteiger partial charge is 0.128 e. The van der Waals surface area contributed by atoms with Crippen molar-refractivity contribution in [2.75, 3.05) is 0 Å². The number of hydrogen-bond donors (Lipinski definition) is 1. The Morgan fingerprint density at radius 2 is 0.983 bits per heavy atom. The first-order valence-corrected chi connectivity index (χ1v) is 20.5. The molecule has 4 heteroatoms. The van der Waals surface area contributed by atoms with Gasteiger partial charge in [-0.25, -0.2) is 0 Å². The third kappa shape index (κ3) is 9.13. The SMILES string of the molecule is CC(c1ccccc1)c1ccc(-c2cc(-c3cc(-c4ccccc4)ccn3)[c-]c(-c3cc(-c4ccccc4)cc(-c4cc(C(C)(C)C)cc(C(C)(C)C)c4O)n3)c2)cc1.[Pt]. The number of nitrogens with zero attached hydrogens (tertiary/aromatic N) is 2. The van der Waals surface area contributed by atoms with E-state index in [9.17, 15) is 5.11 Å². The Bertz CT molecular complexity index is 2730. The first-order valence-electron chi connectivity index (χ1n) is 20.5. The molecule has 60 heavy (non-hydrogen) atoms. The van der Waals surface area contributed by atoms with Crippen LogP contribution in [0, 0.1) is 6.07 Å². The second-order valence-electron chi connectivity index (χ2n) is 17.7. The predicted octanol–water partition coefficient (Wildman–Crippen LogP) is 14.7. The Kier molecular flexibility index (Phi) is 12.2. The van der Waals surface area contributed by atoms with Crippen LogP contribution in [0.5, 0.6) is 5.75 Å². The van der Waals surface area contributed by atoms with Gasteiger partial charge in [0.1, 0.15) is 5.75 Å². The topological polar surface area (TPSA) is 46.0 Å². The second kappa shape index (κ2) is 17.4. The van der Waals surface area contributed by atoms with E-state index in [2.05, 4.69) is 206 Å². The van der Waals surface area contributed by atoms with Crippen LogP contribution >= 0.6 is 0 Å². The molecule has 0 spiro atoms. The Morgan fingerprint density at radius 1 is 0.483 bits per heavy atom. The fourth-order valence-electron chi connectivity index (χ4n) is 7.74. The average Bonchev–Trinajstić information content (AvgIpc) is 3.26. The summed E-state index contributed by atoms with van der Waals surface area (Å²) in [4.78, 5) is 10.3. The van der Waals surface area contributed by atoms with Crippen molar-refractivity contribution < 1.29 is 26.2 Å². The molecular formula is C56H51N2OPt-. The maximum Gasteiger partial charge on any atom is 0.128 e. The summed E-state index contributed by atoms with van der Waals surface area (Å²) < 4.78 is 0. The van der Waals surface area contributed by atoms with Crippen molar-refractivity contribution >= 4 is 0 Å². The molecule has 1 atom stereocenters. The molecule has 3 nitrogen and oxygen atoms in total. The van der Waals surface area contributed by atoms with Crippen molar-refractivity contribution in [2.24, 2.45) is 0 Å². The maximum atomic E-state index is 12.1. The van der Waals surface area contributed by atoms with Gasteiger partial charge in [0.05, 0.1) is 5.69 Å². The van der Waals surface area contributed by atoms with Crippen LogP contribution in [0.4, 0.5) is 0 Å². The van der Waals surface area contributed by atoms with Gasteiger partial charge in [0.2, 0.25) is 0 Å². The van der Waals surface area contributed by atoms with Gasteiger partial charge in [-0.15, -0.1) is 18.2 Å². The summed E-state index contributed by atoms with van der Waals surface area (Å²) in [5.74, 6) is 0.528. The van der Waals surface area contributed by atoms with Crippen LogP contribution in [0.3, 0.4) is 0 Å². The van der Waals surface area contributed by atoms with Crippen LogP contribution in [0.15, 0.2) is 170 Å². The first kappa shape index (κ1) is 42.2. The monoisotopic (exact) mass is 962 g/mol. The molecule has 8 rings (SSSR count). The van der Waals surface area contributed by atoms with Gasteiger partial charge in [-0.1, -0.05) is 199 Å². The van der Waals surface area contributed by atoms with E-state index < -0.39 is 0 Å². The van der Waals surface area contributed by atoms with Crippen LogP contribution < -0.4 is 0 Å². The van der Waals surface area contributed by atoms with Crippen molar-refractivity contribution in [3.8, 4) is 72.9 Å².